The van der Waals surface area contributed by atoms with Gasteiger partial charge in [-0.25, -0.2) is 4.98 Å². The van der Waals surface area contributed by atoms with Crippen molar-refractivity contribution in [2.75, 3.05) is 25.0 Å². The van der Waals surface area contributed by atoms with Gasteiger partial charge in [0.05, 0.1) is 12.5 Å². The predicted molar refractivity (Wildman–Crippen MR) is 88.3 cm³/mol. The quantitative estimate of drug-likeness (QED) is 0.843. The molecule has 2 heterocycles. The molecule has 1 aromatic heterocycles. The molecule has 1 atom stereocenters. The SMILES string of the molecule is CCOC(=O)C1CCCN(C(=O)c2ccnc(NC(C)C)c2)C1. The summed E-state index contributed by atoms with van der Waals surface area (Å²) in [5, 5.41) is 3.19. The highest BCUT2D eigenvalue weighted by Gasteiger charge is 2.29. The fourth-order valence-corrected chi connectivity index (χ4v) is 2.73. The van der Waals surface area contributed by atoms with Crippen LogP contribution in [0.15, 0.2) is 18.3 Å². The van der Waals surface area contributed by atoms with E-state index in [1.807, 2.05) is 13.8 Å². The summed E-state index contributed by atoms with van der Waals surface area (Å²) in [7, 11) is 0. The zero-order valence-electron chi connectivity index (χ0n) is 14.0. The van der Waals surface area contributed by atoms with Crippen LogP contribution in [-0.4, -0.2) is 47.5 Å². The van der Waals surface area contributed by atoms with E-state index in [-0.39, 0.29) is 23.8 Å². The van der Waals surface area contributed by atoms with E-state index < -0.39 is 0 Å². The lowest BCUT2D eigenvalue weighted by Gasteiger charge is -2.31. The average Bonchev–Trinajstić information content (AvgIpc) is 2.54. The molecule has 1 N–H and O–H groups in total. The minimum atomic E-state index is -0.220. The Hall–Kier alpha value is -2.11. The lowest BCUT2D eigenvalue weighted by molar-refractivity contribution is -0.149. The number of pyridine rings is 1. The Morgan fingerprint density at radius 3 is 2.96 bits per heavy atom. The van der Waals surface area contributed by atoms with E-state index in [2.05, 4.69) is 10.3 Å². The molecule has 0 bridgehead atoms. The van der Waals surface area contributed by atoms with Crippen molar-refractivity contribution in [3.8, 4) is 0 Å². The predicted octanol–water partition coefficient (Wildman–Crippen LogP) is 2.32. The summed E-state index contributed by atoms with van der Waals surface area (Å²) >= 11 is 0. The van der Waals surface area contributed by atoms with Gasteiger partial charge < -0.3 is 15.0 Å². The van der Waals surface area contributed by atoms with E-state index in [1.165, 1.54) is 0 Å². The van der Waals surface area contributed by atoms with E-state index in [4.69, 9.17) is 4.74 Å². The summed E-state index contributed by atoms with van der Waals surface area (Å²) in [4.78, 5) is 30.5. The number of nitrogens with zero attached hydrogens (tertiary/aromatic N) is 2. The Morgan fingerprint density at radius 1 is 1.48 bits per heavy atom. The maximum atomic E-state index is 12.7. The second-order valence-electron chi connectivity index (χ2n) is 6.07. The third kappa shape index (κ3) is 4.68. The molecule has 1 amide bonds. The highest BCUT2D eigenvalue weighted by Crippen LogP contribution is 2.20. The van der Waals surface area contributed by atoms with Crippen LogP contribution in [0.4, 0.5) is 5.82 Å². The van der Waals surface area contributed by atoms with Gasteiger partial charge in [-0.2, -0.15) is 0 Å². The largest absolute Gasteiger partial charge is 0.466 e. The summed E-state index contributed by atoms with van der Waals surface area (Å²) in [5.41, 5.74) is 0.590. The topological polar surface area (TPSA) is 71.5 Å². The van der Waals surface area contributed by atoms with E-state index in [9.17, 15) is 9.59 Å². The molecular weight excluding hydrogens is 294 g/mol. The molecular formula is C17H25N3O3. The zero-order chi connectivity index (χ0) is 16.8. The summed E-state index contributed by atoms with van der Waals surface area (Å²) in [6, 6.07) is 3.72. The first-order valence-corrected chi connectivity index (χ1v) is 8.19. The number of amides is 1. The number of carbonyl (C=O) groups excluding carboxylic acids is 2. The second-order valence-corrected chi connectivity index (χ2v) is 6.07. The number of carbonyl (C=O) groups is 2. The van der Waals surface area contributed by atoms with Crippen molar-refractivity contribution in [1.82, 2.24) is 9.88 Å². The Labute approximate surface area is 137 Å². The standard InChI is InChI=1S/C17H25N3O3/c1-4-23-17(22)14-6-5-9-20(11-14)16(21)13-7-8-18-15(10-13)19-12(2)3/h7-8,10,12,14H,4-6,9,11H2,1-3H3,(H,18,19). The number of anilines is 1. The second kappa shape index (κ2) is 7.94. The number of nitrogens with one attached hydrogen (secondary N) is 1. The van der Waals surface area contributed by atoms with Gasteiger partial charge in [0, 0.05) is 30.9 Å². The smallest absolute Gasteiger partial charge is 0.310 e. The molecule has 1 unspecified atom stereocenters. The van der Waals surface area contributed by atoms with Gasteiger partial charge >= 0.3 is 5.97 Å². The molecule has 0 radical (unpaired) electrons. The van der Waals surface area contributed by atoms with Gasteiger partial charge in [-0.1, -0.05) is 0 Å². The van der Waals surface area contributed by atoms with Crippen molar-refractivity contribution >= 4 is 17.7 Å². The summed E-state index contributed by atoms with van der Waals surface area (Å²) in [6.45, 7) is 7.30. The van der Waals surface area contributed by atoms with Gasteiger partial charge in [-0.05, 0) is 45.7 Å². The van der Waals surface area contributed by atoms with Gasteiger partial charge in [-0.3, -0.25) is 9.59 Å². The van der Waals surface area contributed by atoms with E-state index >= 15 is 0 Å². The van der Waals surface area contributed by atoms with Crippen molar-refractivity contribution in [3.05, 3.63) is 23.9 Å². The summed E-state index contributed by atoms with van der Waals surface area (Å²) in [6.07, 6.45) is 3.22. The summed E-state index contributed by atoms with van der Waals surface area (Å²) in [5.74, 6) is 0.197. The third-order valence-corrected chi connectivity index (χ3v) is 3.77. The highest BCUT2D eigenvalue weighted by atomic mass is 16.5. The maximum Gasteiger partial charge on any atom is 0.310 e. The fourth-order valence-electron chi connectivity index (χ4n) is 2.73. The highest BCUT2D eigenvalue weighted by molar-refractivity contribution is 5.95. The minimum Gasteiger partial charge on any atom is -0.466 e. The molecule has 126 valence electrons. The lowest BCUT2D eigenvalue weighted by Crippen LogP contribution is -2.42. The molecule has 0 aromatic carbocycles. The molecule has 6 nitrogen and oxygen atoms in total. The number of rotatable bonds is 5. The molecule has 2 rings (SSSR count). The van der Waals surface area contributed by atoms with Crippen molar-refractivity contribution in [2.24, 2.45) is 5.92 Å². The number of ether oxygens (including phenoxy) is 1. The van der Waals surface area contributed by atoms with Crippen molar-refractivity contribution in [3.63, 3.8) is 0 Å². The van der Waals surface area contributed by atoms with Gasteiger partial charge in [0.2, 0.25) is 0 Å². The molecule has 1 saturated heterocycles. The van der Waals surface area contributed by atoms with Crippen molar-refractivity contribution in [1.29, 1.82) is 0 Å². The van der Waals surface area contributed by atoms with Crippen molar-refractivity contribution < 1.29 is 14.3 Å². The third-order valence-electron chi connectivity index (χ3n) is 3.77. The Balaban J connectivity index is 2.06. The Bertz CT molecular complexity index is 560. The first-order chi connectivity index (χ1) is 11.0. The monoisotopic (exact) mass is 319 g/mol. The van der Waals surface area contributed by atoms with Crippen LogP contribution in [0.5, 0.6) is 0 Å². The Kier molecular flexibility index (Phi) is 5.96. The molecule has 6 heteroatoms. The lowest BCUT2D eigenvalue weighted by atomic mass is 9.97. The number of piperidine rings is 1. The maximum absolute atomic E-state index is 12.7. The number of hydrogen-bond acceptors (Lipinski definition) is 5. The first-order valence-electron chi connectivity index (χ1n) is 8.19. The molecule has 23 heavy (non-hydrogen) atoms. The normalized spacial score (nSPS) is 17.9. The van der Waals surface area contributed by atoms with E-state index in [1.54, 1.807) is 30.2 Å². The van der Waals surface area contributed by atoms with Crippen LogP contribution in [0.1, 0.15) is 44.0 Å². The average molecular weight is 319 g/mol. The van der Waals surface area contributed by atoms with Crippen LogP contribution in [0.25, 0.3) is 0 Å². The van der Waals surface area contributed by atoms with Crippen LogP contribution in [0, 0.1) is 5.92 Å². The van der Waals surface area contributed by atoms with Crippen LogP contribution in [0.3, 0.4) is 0 Å². The molecule has 0 spiro atoms. The van der Waals surface area contributed by atoms with Gasteiger partial charge in [0.25, 0.3) is 5.91 Å². The molecule has 1 fully saturated rings. The van der Waals surface area contributed by atoms with Crippen LogP contribution >= 0.6 is 0 Å². The van der Waals surface area contributed by atoms with Crippen molar-refractivity contribution in [2.45, 2.75) is 39.7 Å². The fraction of sp³-hybridized carbons (Fsp3) is 0.588. The van der Waals surface area contributed by atoms with E-state index in [0.29, 0.717) is 31.1 Å². The van der Waals surface area contributed by atoms with E-state index in [0.717, 1.165) is 12.8 Å². The van der Waals surface area contributed by atoms with Gasteiger partial charge in [0.15, 0.2) is 0 Å². The van der Waals surface area contributed by atoms with Gasteiger partial charge in [-0.15, -0.1) is 0 Å². The van der Waals surface area contributed by atoms with Crippen LogP contribution in [0.2, 0.25) is 0 Å². The van der Waals surface area contributed by atoms with Crippen LogP contribution in [-0.2, 0) is 9.53 Å². The Morgan fingerprint density at radius 2 is 2.26 bits per heavy atom. The van der Waals surface area contributed by atoms with Gasteiger partial charge in [0.1, 0.15) is 5.82 Å². The number of esters is 1. The molecule has 1 aliphatic rings. The number of aromatic nitrogens is 1. The van der Waals surface area contributed by atoms with Crippen LogP contribution < -0.4 is 5.32 Å². The number of likely N-dealkylation sites (tertiary alicyclic amines) is 1. The molecule has 0 aliphatic carbocycles. The molecule has 1 aliphatic heterocycles. The molecule has 0 saturated carbocycles. The molecule has 1 aromatic rings. The summed E-state index contributed by atoms with van der Waals surface area (Å²) < 4.78 is 5.08. The minimum absolute atomic E-state index is 0.0618. The number of hydrogen-bond donors (Lipinski definition) is 1. The first kappa shape index (κ1) is 17.2. The zero-order valence-corrected chi connectivity index (χ0v) is 14.0.